The first-order valence-electron chi connectivity index (χ1n) is 20.3. The number of rotatable bonds is 7. The van der Waals surface area contributed by atoms with Crippen molar-refractivity contribution in [2.24, 2.45) is 5.92 Å². The number of halogens is 7. The summed E-state index contributed by atoms with van der Waals surface area (Å²) in [5.41, 5.74) is 1.49. The molecule has 2 aromatic heterocycles. The predicted octanol–water partition coefficient (Wildman–Crippen LogP) is 11.5. The summed E-state index contributed by atoms with van der Waals surface area (Å²) < 4.78 is 104. The first kappa shape index (κ1) is 44.7. The molecular weight excluding hydrogens is 810 g/mol. The summed E-state index contributed by atoms with van der Waals surface area (Å²) in [5, 5.41) is 8.71. The summed E-state index contributed by atoms with van der Waals surface area (Å²) >= 11 is 0. The molecule has 2 N–H and O–H groups in total. The van der Waals surface area contributed by atoms with Gasteiger partial charge in [0.2, 0.25) is 0 Å². The van der Waals surface area contributed by atoms with E-state index < -0.39 is 26.8 Å². The Morgan fingerprint density at radius 2 is 1.67 bits per heavy atom. The molecule has 60 heavy (non-hydrogen) atoms. The van der Waals surface area contributed by atoms with E-state index in [1.165, 1.54) is 6.07 Å². The van der Waals surface area contributed by atoms with Crippen molar-refractivity contribution in [1.82, 2.24) is 25.2 Å². The van der Waals surface area contributed by atoms with Gasteiger partial charge in [0.05, 0.1) is 29.3 Å². The second kappa shape index (κ2) is 17.3. The van der Waals surface area contributed by atoms with Crippen LogP contribution in [0.2, 0.25) is 0 Å². The Balaban J connectivity index is 0.000000320. The summed E-state index contributed by atoms with van der Waals surface area (Å²) in [6.07, 6.45) is 12.7. The second-order valence-electron chi connectivity index (χ2n) is 15.1. The number of nitrogens with one attached hydrogen (secondary N) is 2. The lowest BCUT2D eigenvalue weighted by atomic mass is 9.94. The normalized spacial score (nSPS) is 18.9. The molecule has 3 aromatic carbocycles. The third-order valence-corrected chi connectivity index (χ3v) is 12.5. The van der Waals surface area contributed by atoms with Gasteiger partial charge in [-0.3, -0.25) is 4.90 Å². The molecule has 16 heteroatoms. The first-order chi connectivity index (χ1) is 28.5. The minimum absolute atomic E-state index is 0.00446. The number of pyridine rings is 1. The van der Waals surface area contributed by atoms with Crippen LogP contribution >= 0.6 is 10.2 Å². The smallest absolute Gasteiger partial charge is 0.319 e. The molecule has 3 aliphatic rings. The van der Waals surface area contributed by atoms with E-state index in [-0.39, 0.29) is 40.1 Å². The van der Waals surface area contributed by atoms with Gasteiger partial charge in [-0.05, 0) is 87.7 Å². The standard InChI is InChI=1S/C35H38F2N6O.C7H7F5OS.C2H6/c1-3-22-10-13-27-29-32(30(37)31(40-27)25-9-5-8-23-11-12-26(36)24(4-2)28(23)25)41-34(42-33(29)39-17-16-38-20-22)44-21-35-14-6-18-43(35)19-7-15-35;1-13-6-3-2-4-7(5-6)14(8,9,10,11)12;1-2/h2,5,8-9,11-12,22,38H,3,6-7,10,13-21H2,1H3,(H,39,41,42);2-5H,1H3;1-2H3. The fourth-order valence-electron chi connectivity index (χ4n) is 8.34. The van der Waals surface area contributed by atoms with Gasteiger partial charge < -0.3 is 20.1 Å². The number of ether oxygens (including phenoxy) is 2. The summed E-state index contributed by atoms with van der Waals surface area (Å²) in [4.78, 5) is 15.1. The van der Waals surface area contributed by atoms with Crippen molar-refractivity contribution in [3.8, 4) is 35.4 Å². The van der Waals surface area contributed by atoms with Gasteiger partial charge in [-0.15, -0.1) is 6.42 Å². The second-order valence-corrected chi connectivity index (χ2v) is 17.5. The zero-order chi connectivity index (χ0) is 43.4. The number of nitrogens with zero attached hydrogens (tertiary/aromatic N) is 4. The number of terminal acetylenes is 1. The van der Waals surface area contributed by atoms with Crippen LogP contribution in [0, 0.1) is 29.9 Å². The molecule has 8 nitrogen and oxygen atoms in total. The topological polar surface area (TPSA) is 84.4 Å². The fourth-order valence-corrected chi connectivity index (χ4v) is 9.01. The number of hydrogen-bond acceptors (Lipinski definition) is 8. The van der Waals surface area contributed by atoms with E-state index in [2.05, 4.69) is 33.1 Å². The Hall–Kier alpha value is -4.85. The van der Waals surface area contributed by atoms with E-state index in [9.17, 15) is 23.8 Å². The Kier molecular flexibility index (Phi) is 12.9. The maximum absolute atomic E-state index is 16.9. The summed E-state index contributed by atoms with van der Waals surface area (Å²) in [7, 11) is -8.46. The molecule has 5 aromatic rings. The van der Waals surface area contributed by atoms with Gasteiger partial charge in [-0.1, -0.05) is 82.9 Å². The molecule has 0 bridgehead atoms. The van der Waals surface area contributed by atoms with E-state index in [0.717, 1.165) is 83.9 Å². The molecule has 2 fully saturated rings. The van der Waals surface area contributed by atoms with Crippen molar-refractivity contribution in [1.29, 1.82) is 0 Å². The third kappa shape index (κ3) is 9.53. The molecule has 2 saturated heterocycles. The monoisotopic (exact) mass is 860 g/mol. The Bertz CT molecular complexity index is 2380. The number of methoxy groups -OCH3 is 1. The molecule has 0 amide bonds. The molecule has 0 saturated carbocycles. The Morgan fingerprint density at radius 3 is 2.35 bits per heavy atom. The van der Waals surface area contributed by atoms with Crippen LogP contribution in [-0.4, -0.2) is 71.8 Å². The maximum Gasteiger partial charge on any atom is 0.319 e. The van der Waals surface area contributed by atoms with E-state index >= 15 is 4.39 Å². The molecule has 0 radical (unpaired) electrons. The van der Waals surface area contributed by atoms with Gasteiger partial charge in [0.1, 0.15) is 40.1 Å². The van der Waals surface area contributed by atoms with Crippen molar-refractivity contribution in [2.75, 3.05) is 51.8 Å². The van der Waals surface area contributed by atoms with Crippen LogP contribution in [0.25, 0.3) is 32.9 Å². The fraction of sp³-hybridized carbons (Fsp3) is 0.432. The average Bonchev–Trinajstić information content (AvgIpc) is 3.82. The number of aryl methyl sites for hydroxylation is 1. The largest absolute Gasteiger partial charge is 0.497 e. The van der Waals surface area contributed by atoms with Crippen molar-refractivity contribution >= 4 is 37.7 Å². The number of hydrogen-bond donors (Lipinski definition) is 2. The van der Waals surface area contributed by atoms with Crippen molar-refractivity contribution < 1.29 is 37.7 Å². The maximum atomic E-state index is 16.9. The van der Waals surface area contributed by atoms with E-state index in [1.807, 2.05) is 26.0 Å². The van der Waals surface area contributed by atoms with Gasteiger partial charge in [0.25, 0.3) is 0 Å². The summed E-state index contributed by atoms with van der Waals surface area (Å²) in [5.74, 6) is 2.07. The summed E-state index contributed by atoms with van der Waals surface area (Å²) in [6.45, 7) is 11.1. The molecular formula is C44H51F7N6O2S. The molecule has 3 aliphatic heterocycles. The highest BCUT2D eigenvalue weighted by atomic mass is 32.5. The highest BCUT2D eigenvalue weighted by molar-refractivity contribution is 8.45. The Labute approximate surface area is 346 Å². The van der Waals surface area contributed by atoms with Crippen molar-refractivity contribution in [2.45, 2.75) is 76.2 Å². The third-order valence-electron chi connectivity index (χ3n) is 11.4. The molecule has 0 aliphatic carbocycles. The minimum atomic E-state index is -9.56. The SMILES string of the molecule is C#Cc1c(F)ccc2cccc(-c3nc4c5c(nc(OCC67CCCN6CCC7)nc5c3F)NCCNCC(CC)CC4)c12.CC.COc1cccc(S(F)(F)(F)(F)F)c1. The van der Waals surface area contributed by atoms with Gasteiger partial charge in [0.15, 0.2) is 5.82 Å². The lowest BCUT2D eigenvalue weighted by Crippen LogP contribution is -2.43. The van der Waals surface area contributed by atoms with Crippen molar-refractivity contribution in [3.05, 3.63) is 77.5 Å². The van der Waals surface area contributed by atoms with Crippen LogP contribution in [0.4, 0.5) is 34.0 Å². The number of fused-ring (bicyclic) bond motifs is 2. The van der Waals surface area contributed by atoms with Gasteiger partial charge in [-0.2, -0.15) is 9.97 Å². The number of aromatic nitrogens is 3. The van der Waals surface area contributed by atoms with Crippen LogP contribution in [-0.2, 0) is 6.42 Å². The number of benzene rings is 3. The van der Waals surface area contributed by atoms with Crippen LogP contribution in [0.1, 0.15) is 70.6 Å². The lowest BCUT2D eigenvalue weighted by molar-refractivity contribution is 0.108. The van der Waals surface area contributed by atoms with Gasteiger partial charge >= 0.3 is 16.2 Å². The zero-order valence-corrected chi connectivity index (χ0v) is 35.0. The van der Waals surface area contributed by atoms with Gasteiger partial charge in [-0.25, -0.2) is 13.8 Å². The quantitative estimate of drug-likeness (QED) is 0.124. The first-order valence-corrected chi connectivity index (χ1v) is 22.3. The molecule has 1 atom stereocenters. The minimum Gasteiger partial charge on any atom is -0.497 e. The van der Waals surface area contributed by atoms with Crippen molar-refractivity contribution in [3.63, 3.8) is 0 Å². The van der Waals surface area contributed by atoms with Gasteiger partial charge in [0, 0.05) is 30.1 Å². The Morgan fingerprint density at radius 1 is 0.933 bits per heavy atom. The lowest BCUT2D eigenvalue weighted by Gasteiger charge is -2.40. The van der Waals surface area contributed by atoms with E-state index in [0.29, 0.717) is 64.8 Å². The summed E-state index contributed by atoms with van der Waals surface area (Å²) in [6, 6.07) is 11.2. The van der Waals surface area contributed by atoms with E-state index in [4.69, 9.17) is 26.1 Å². The molecule has 1 unspecified atom stereocenters. The number of anilines is 1. The molecule has 324 valence electrons. The van der Waals surface area contributed by atoms with Crippen LogP contribution in [0.5, 0.6) is 11.8 Å². The average molecular weight is 861 g/mol. The molecule has 0 spiro atoms. The molecule has 5 heterocycles. The van der Waals surface area contributed by atoms with E-state index in [1.54, 1.807) is 12.1 Å². The van der Waals surface area contributed by atoms with Crippen LogP contribution in [0.15, 0.2) is 59.5 Å². The predicted molar refractivity (Wildman–Crippen MR) is 226 cm³/mol. The molecule has 8 rings (SSSR count). The highest BCUT2D eigenvalue weighted by Crippen LogP contribution is 3.02. The highest BCUT2D eigenvalue weighted by Gasteiger charge is 2.65. The van der Waals surface area contributed by atoms with Crippen LogP contribution in [0.3, 0.4) is 0 Å². The van der Waals surface area contributed by atoms with Crippen LogP contribution < -0.4 is 20.1 Å². The zero-order valence-electron chi connectivity index (χ0n) is 34.2.